The highest BCUT2D eigenvalue weighted by Gasteiger charge is 2.42. The van der Waals surface area contributed by atoms with E-state index in [4.69, 9.17) is 5.73 Å². The largest absolute Gasteiger partial charge is 0.393 e. The lowest BCUT2D eigenvalue weighted by Crippen LogP contribution is -2.50. The molecular weight excluding hydrogens is 265 g/mol. The maximum absolute atomic E-state index is 12.8. The Hall–Kier alpha value is -0.290. The minimum atomic E-state index is -4.05. The predicted molar refractivity (Wildman–Crippen MR) is 74.2 cm³/mol. The van der Waals surface area contributed by atoms with Crippen LogP contribution in [0.15, 0.2) is 0 Å². The van der Waals surface area contributed by atoms with Crippen molar-refractivity contribution < 1.29 is 13.2 Å². The van der Waals surface area contributed by atoms with Gasteiger partial charge in [0.2, 0.25) is 0 Å². The van der Waals surface area contributed by atoms with E-state index >= 15 is 0 Å². The number of likely N-dealkylation sites (tertiary alicyclic amines) is 1. The zero-order valence-electron chi connectivity index (χ0n) is 12.5. The van der Waals surface area contributed by atoms with Gasteiger partial charge in [-0.3, -0.25) is 0 Å². The molecule has 2 N–H and O–H groups in total. The van der Waals surface area contributed by atoms with Crippen LogP contribution in [0.5, 0.6) is 0 Å². The van der Waals surface area contributed by atoms with E-state index in [1.165, 1.54) is 0 Å². The molecule has 20 heavy (non-hydrogen) atoms. The Morgan fingerprint density at radius 2 is 1.90 bits per heavy atom. The van der Waals surface area contributed by atoms with E-state index in [0.29, 0.717) is 24.2 Å². The van der Waals surface area contributed by atoms with Gasteiger partial charge in [0, 0.05) is 19.1 Å². The van der Waals surface area contributed by atoms with Crippen LogP contribution in [0.1, 0.15) is 39.5 Å². The van der Waals surface area contributed by atoms with Crippen molar-refractivity contribution >= 4 is 0 Å². The Balaban J connectivity index is 1.92. The summed E-state index contributed by atoms with van der Waals surface area (Å²) in [6, 6.07) is 0.139. The molecule has 118 valence electrons. The molecule has 2 rings (SSSR count). The smallest absolute Gasteiger partial charge is 0.327 e. The standard InChI is InChI=1S/C15H27F3N2/c1-10-6-11(2)13(14(19)7-10)9-20-5-3-4-12(8-20)15(16,17)18/h10-14H,3-9,19H2,1-2H3. The summed E-state index contributed by atoms with van der Waals surface area (Å²) < 4.78 is 38.5. The molecule has 2 aliphatic rings. The van der Waals surface area contributed by atoms with Crippen LogP contribution in [-0.2, 0) is 0 Å². The van der Waals surface area contributed by atoms with Gasteiger partial charge in [0.15, 0.2) is 0 Å². The highest BCUT2D eigenvalue weighted by molar-refractivity contribution is 4.89. The van der Waals surface area contributed by atoms with E-state index in [2.05, 4.69) is 13.8 Å². The second-order valence-corrected chi connectivity index (χ2v) is 7.02. The molecule has 0 radical (unpaired) electrons. The van der Waals surface area contributed by atoms with Crippen molar-refractivity contribution in [2.24, 2.45) is 29.4 Å². The molecule has 1 saturated heterocycles. The van der Waals surface area contributed by atoms with Crippen molar-refractivity contribution in [2.45, 2.75) is 51.7 Å². The minimum absolute atomic E-state index is 0.139. The van der Waals surface area contributed by atoms with Crippen molar-refractivity contribution in [1.29, 1.82) is 0 Å². The lowest BCUT2D eigenvalue weighted by Gasteiger charge is -2.42. The third kappa shape index (κ3) is 3.88. The lowest BCUT2D eigenvalue weighted by atomic mass is 9.72. The van der Waals surface area contributed by atoms with Crippen LogP contribution in [0.4, 0.5) is 13.2 Å². The van der Waals surface area contributed by atoms with Crippen LogP contribution in [0.3, 0.4) is 0 Å². The summed E-state index contributed by atoms with van der Waals surface area (Å²) in [5.41, 5.74) is 6.25. The van der Waals surface area contributed by atoms with E-state index in [9.17, 15) is 13.2 Å². The van der Waals surface area contributed by atoms with Gasteiger partial charge < -0.3 is 10.6 Å². The fourth-order valence-electron chi connectivity index (χ4n) is 4.07. The van der Waals surface area contributed by atoms with Gasteiger partial charge in [-0.25, -0.2) is 0 Å². The molecule has 2 fully saturated rings. The summed E-state index contributed by atoms with van der Waals surface area (Å²) in [4.78, 5) is 2.00. The Kier molecular flexibility index (Phi) is 5.00. The second-order valence-electron chi connectivity index (χ2n) is 7.02. The average molecular weight is 292 g/mol. The van der Waals surface area contributed by atoms with E-state index in [-0.39, 0.29) is 19.0 Å². The van der Waals surface area contributed by atoms with Gasteiger partial charge >= 0.3 is 6.18 Å². The number of nitrogens with two attached hydrogens (primary N) is 1. The second kappa shape index (κ2) is 6.22. The summed E-state index contributed by atoms with van der Waals surface area (Å²) in [5.74, 6) is 0.351. The Morgan fingerprint density at radius 3 is 2.50 bits per heavy atom. The third-order valence-corrected chi connectivity index (χ3v) is 5.17. The minimum Gasteiger partial charge on any atom is -0.327 e. The molecule has 0 aromatic rings. The maximum Gasteiger partial charge on any atom is 0.393 e. The number of hydrogen-bond acceptors (Lipinski definition) is 2. The van der Waals surface area contributed by atoms with E-state index < -0.39 is 12.1 Å². The molecule has 1 aliphatic heterocycles. The fraction of sp³-hybridized carbons (Fsp3) is 1.00. The van der Waals surface area contributed by atoms with E-state index in [0.717, 1.165) is 25.9 Å². The number of hydrogen-bond donors (Lipinski definition) is 1. The van der Waals surface area contributed by atoms with Crippen molar-refractivity contribution in [2.75, 3.05) is 19.6 Å². The first-order chi connectivity index (χ1) is 9.27. The topological polar surface area (TPSA) is 29.3 Å². The first-order valence-corrected chi connectivity index (χ1v) is 7.82. The molecule has 2 nitrogen and oxygen atoms in total. The van der Waals surface area contributed by atoms with Crippen LogP contribution in [-0.4, -0.2) is 36.8 Å². The average Bonchev–Trinajstić information content (AvgIpc) is 2.33. The summed E-state index contributed by atoms with van der Waals surface area (Å²) in [6.45, 7) is 6.10. The van der Waals surface area contributed by atoms with Crippen molar-refractivity contribution in [3.8, 4) is 0 Å². The molecule has 0 aromatic carbocycles. The van der Waals surface area contributed by atoms with E-state index in [1.54, 1.807) is 0 Å². The Labute approximate surface area is 119 Å². The normalized spacial score (nSPS) is 40.8. The van der Waals surface area contributed by atoms with Gasteiger partial charge in [-0.2, -0.15) is 13.2 Å². The van der Waals surface area contributed by atoms with Crippen LogP contribution in [0, 0.1) is 23.7 Å². The van der Waals surface area contributed by atoms with Crippen molar-refractivity contribution in [3.63, 3.8) is 0 Å². The third-order valence-electron chi connectivity index (χ3n) is 5.17. The van der Waals surface area contributed by atoms with Crippen LogP contribution < -0.4 is 5.73 Å². The number of rotatable bonds is 2. The van der Waals surface area contributed by atoms with E-state index in [1.807, 2.05) is 4.90 Å². The summed E-state index contributed by atoms with van der Waals surface area (Å²) in [5, 5.41) is 0. The Morgan fingerprint density at radius 1 is 1.20 bits per heavy atom. The molecule has 0 aromatic heterocycles. The molecule has 1 saturated carbocycles. The zero-order chi connectivity index (χ0) is 14.9. The van der Waals surface area contributed by atoms with Gasteiger partial charge in [0.05, 0.1) is 5.92 Å². The quantitative estimate of drug-likeness (QED) is 0.846. The van der Waals surface area contributed by atoms with Gasteiger partial charge in [0.25, 0.3) is 0 Å². The van der Waals surface area contributed by atoms with Gasteiger partial charge in [-0.15, -0.1) is 0 Å². The molecule has 0 amide bonds. The van der Waals surface area contributed by atoms with Crippen molar-refractivity contribution in [1.82, 2.24) is 4.90 Å². The molecule has 5 atom stereocenters. The lowest BCUT2D eigenvalue weighted by molar-refractivity contribution is -0.187. The van der Waals surface area contributed by atoms with Gasteiger partial charge in [-0.05, 0) is 50.0 Å². The number of halogens is 3. The zero-order valence-corrected chi connectivity index (χ0v) is 12.5. The predicted octanol–water partition coefficient (Wildman–Crippen LogP) is 3.27. The summed E-state index contributed by atoms with van der Waals surface area (Å²) in [7, 11) is 0. The molecule has 0 spiro atoms. The summed E-state index contributed by atoms with van der Waals surface area (Å²) in [6.07, 6.45) is -0.964. The molecule has 5 unspecified atom stereocenters. The van der Waals surface area contributed by atoms with Crippen LogP contribution in [0.2, 0.25) is 0 Å². The highest BCUT2D eigenvalue weighted by Crippen LogP contribution is 2.36. The SMILES string of the molecule is CC1CC(C)C(CN2CCCC(C(F)(F)F)C2)C(N)C1. The molecular formula is C15H27F3N2. The molecule has 5 heteroatoms. The van der Waals surface area contributed by atoms with Gasteiger partial charge in [-0.1, -0.05) is 13.8 Å². The Bertz CT molecular complexity index is 307. The first-order valence-electron chi connectivity index (χ1n) is 7.82. The van der Waals surface area contributed by atoms with Crippen molar-refractivity contribution in [3.05, 3.63) is 0 Å². The van der Waals surface area contributed by atoms with Crippen LogP contribution >= 0.6 is 0 Å². The molecule has 0 bridgehead atoms. The summed E-state index contributed by atoms with van der Waals surface area (Å²) >= 11 is 0. The molecule has 1 heterocycles. The first kappa shape index (κ1) is 16.1. The van der Waals surface area contributed by atoms with Gasteiger partial charge in [0.1, 0.15) is 0 Å². The fourth-order valence-corrected chi connectivity index (χ4v) is 4.07. The highest BCUT2D eigenvalue weighted by atomic mass is 19.4. The van der Waals surface area contributed by atoms with Crippen LogP contribution in [0.25, 0.3) is 0 Å². The number of piperidine rings is 1. The maximum atomic E-state index is 12.8. The molecule has 1 aliphatic carbocycles. The number of alkyl halides is 3. The number of nitrogens with zero attached hydrogens (tertiary/aromatic N) is 1. The monoisotopic (exact) mass is 292 g/mol.